The third-order valence-electron chi connectivity index (χ3n) is 2.66. The van der Waals surface area contributed by atoms with Crippen LogP contribution in [0.5, 0.6) is 5.75 Å². The summed E-state index contributed by atoms with van der Waals surface area (Å²) in [6.07, 6.45) is 3.59. The number of ether oxygens (including phenoxy) is 3. The van der Waals surface area contributed by atoms with Crippen molar-refractivity contribution in [1.82, 2.24) is 0 Å². The van der Waals surface area contributed by atoms with Gasteiger partial charge in [0, 0.05) is 12.2 Å². The van der Waals surface area contributed by atoms with Crippen molar-refractivity contribution in [3.05, 3.63) is 60.7 Å². The van der Waals surface area contributed by atoms with Gasteiger partial charge in [-0.15, -0.1) is 0 Å². The largest absolute Gasteiger partial charge is 0.459 e. The molecule has 0 bridgehead atoms. The van der Waals surface area contributed by atoms with E-state index in [1.54, 1.807) is 12.1 Å². The smallest absolute Gasteiger partial charge is 0.341 e. The van der Waals surface area contributed by atoms with E-state index in [4.69, 9.17) is 9.47 Å². The van der Waals surface area contributed by atoms with Crippen LogP contribution in [0.1, 0.15) is 5.56 Å². The molecule has 130 valence electrons. The summed E-state index contributed by atoms with van der Waals surface area (Å²) in [5.74, 6) is -1.93. The average molecular weight is 344 g/mol. The van der Waals surface area contributed by atoms with Crippen LogP contribution in [0.15, 0.2) is 55.1 Å². The van der Waals surface area contributed by atoms with Gasteiger partial charge < -0.3 is 14.2 Å². The van der Waals surface area contributed by atoms with Gasteiger partial charge in [0.25, 0.3) is 0 Å². The summed E-state index contributed by atoms with van der Waals surface area (Å²) in [4.78, 5) is 44.9. The lowest BCUT2D eigenvalue weighted by molar-refractivity contribution is -0.147. The van der Waals surface area contributed by atoms with Crippen molar-refractivity contribution >= 4 is 30.3 Å². The molecule has 0 saturated heterocycles. The zero-order chi connectivity index (χ0) is 18.7. The molecule has 0 N–H and O–H groups in total. The molecule has 1 aromatic carbocycles. The van der Waals surface area contributed by atoms with Crippen molar-refractivity contribution < 1.29 is 33.4 Å². The van der Waals surface area contributed by atoms with Gasteiger partial charge in [-0.05, 0) is 23.8 Å². The van der Waals surface area contributed by atoms with Gasteiger partial charge in [0.2, 0.25) is 0 Å². The number of esters is 3. The number of carbonyl (C=O) groups is 4. The summed E-state index contributed by atoms with van der Waals surface area (Å²) in [6.45, 7) is 6.14. The molecule has 7 nitrogen and oxygen atoms in total. The van der Waals surface area contributed by atoms with Crippen LogP contribution in [-0.4, -0.2) is 37.4 Å². The standard InChI is InChI=1S/C18H16O7/c1-3-16(20)23-8-9-24-18(22)14(12-19)10-13-6-5-7-15(11-13)25-17(21)4-2/h3-7,10-12H,1-2,8-9H2/b14-10+. The Morgan fingerprint density at radius 2 is 1.68 bits per heavy atom. The van der Waals surface area contributed by atoms with Crippen molar-refractivity contribution in [2.75, 3.05) is 13.2 Å². The van der Waals surface area contributed by atoms with E-state index in [2.05, 4.69) is 17.9 Å². The molecule has 25 heavy (non-hydrogen) atoms. The number of carbonyl (C=O) groups excluding carboxylic acids is 4. The van der Waals surface area contributed by atoms with Gasteiger partial charge in [0.05, 0.1) is 5.57 Å². The molecule has 0 amide bonds. The molecule has 0 heterocycles. The molecule has 0 atom stereocenters. The maximum Gasteiger partial charge on any atom is 0.341 e. The topological polar surface area (TPSA) is 96.0 Å². The Hall–Kier alpha value is -3.48. The van der Waals surface area contributed by atoms with Crippen LogP contribution < -0.4 is 4.74 Å². The lowest BCUT2D eigenvalue weighted by Crippen LogP contribution is -2.14. The number of hydrogen-bond donors (Lipinski definition) is 0. The van der Waals surface area contributed by atoms with E-state index in [1.807, 2.05) is 0 Å². The summed E-state index contributed by atoms with van der Waals surface area (Å²) >= 11 is 0. The second kappa shape index (κ2) is 10.3. The molecule has 1 aromatic rings. The Labute approximate surface area is 144 Å². The Bertz CT molecular complexity index is 716. The molecule has 0 aliphatic heterocycles. The minimum Gasteiger partial charge on any atom is -0.459 e. The summed E-state index contributed by atoms with van der Waals surface area (Å²) in [6, 6.07) is 6.18. The Morgan fingerprint density at radius 1 is 1.00 bits per heavy atom. The Morgan fingerprint density at radius 3 is 2.32 bits per heavy atom. The van der Waals surface area contributed by atoms with E-state index in [1.165, 1.54) is 18.2 Å². The highest BCUT2D eigenvalue weighted by molar-refractivity contribution is 6.11. The number of benzene rings is 1. The molecule has 7 heteroatoms. The molecular weight excluding hydrogens is 328 g/mol. The van der Waals surface area contributed by atoms with Gasteiger partial charge in [0.15, 0.2) is 6.29 Å². The summed E-state index contributed by atoms with van der Waals surface area (Å²) in [7, 11) is 0. The van der Waals surface area contributed by atoms with Crippen LogP contribution in [0.4, 0.5) is 0 Å². The van der Waals surface area contributed by atoms with Gasteiger partial charge in [-0.25, -0.2) is 14.4 Å². The first-order valence-corrected chi connectivity index (χ1v) is 7.07. The van der Waals surface area contributed by atoms with Crippen LogP contribution in [0.25, 0.3) is 6.08 Å². The van der Waals surface area contributed by atoms with Crippen molar-refractivity contribution in [2.24, 2.45) is 0 Å². The van der Waals surface area contributed by atoms with E-state index in [9.17, 15) is 19.2 Å². The first kappa shape index (κ1) is 19.6. The van der Waals surface area contributed by atoms with Crippen LogP contribution in [-0.2, 0) is 28.7 Å². The number of hydrogen-bond acceptors (Lipinski definition) is 7. The van der Waals surface area contributed by atoms with Gasteiger partial charge in [-0.1, -0.05) is 25.3 Å². The second-order valence-corrected chi connectivity index (χ2v) is 4.42. The van der Waals surface area contributed by atoms with Crippen molar-refractivity contribution in [3.63, 3.8) is 0 Å². The second-order valence-electron chi connectivity index (χ2n) is 4.42. The van der Waals surface area contributed by atoms with Crippen molar-refractivity contribution in [3.8, 4) is 5.75 Å². The third-order valence-corrected chi connectivity index (χ3v) is 2.66. The van der Waals surface area contributed by atoms with E-state index in [0.29, 0.717) is 11.8 Å². The normalized spacial score (nSPS) is 10.3. The van der Waals surface area contributed by atoms with Gasteiger partial charge in [0.1, 0.15) is 19.0 Å². The molecular formula is C18H16O7. The predicted octanol–water partition coefficient (Wildman–Crippen LogP) is 1.63. The number of rotatable bonds is 9. The van der Waals surface area contributed by atoms with E-state index < -0.39 is 17.9 Å². The monoisotopic (exact) mass is 344 g/mol. The van der Waals surface area contributed by atoms with Crippen LogP contribution in [0, 0.1) is 0 Å². The maximum atomic E-state index is 11.8. The van der Waals surface area contributed by atoms with Crippen LogP contribution in [0.3, 0.4) is 0 Å². The van der Waals surface area contributed by atoms with Gasteiger partial charge in [-0.3, -0.25) is 4.79 Å². The molecule has 0 radical (unpaired) electrons. The summed E-state index contributed by atoms with van der Waals surface area (Å²) in [5, 5.41) is 0. The minimum absolute atomic E-state index is 0.157. The van der Waals surface area contributed by atoms with E-state index in [-0.39, 0.29) is 24.5 Å². The van der Waals surface area contributed by atoms with Gasteiger partial charge >= 0.3 is 17.9 Å². The van der Waals surface area contributed by atoms with E-state index in [0.717, 1.165) is 12.2 Å². The zero-order valence-corrected chi connectivity index (χ0v) is 13.3. The molecule has 0 saturated carbocycles. The van der Waals surface area contributed by atoms with Crippen molar-refractivity contribution in [2.45, 2.75) is 0 Å². The fourth-order valence-corrected chi connectivity index (χ4v) is 1.57. The molecule has 0 aliphatic rings. The third kappa shape index (κ3) is 7.08. The molecule has 1 rings (SSSR count). The van der Waals surface area contributed by atoms with E-state index >= 15 is 0 Å². The number of aldehydes is 1. The first-order chi connectivity index (χ1) is 12.0. The zero-order valence-electron chi connectivity index (χ0n) is 13.3. The molecule has 0 aromatic heterocycles. The molecule has 0 aliphatic carbocycles. The summed E-state index contributed by atoms with van der Waals surface area (Å²) in [5.41, 5.74) is 0.203. The molecule has 0 unspecified atom stereocenters. The van der Waals surface area contributed by atoms with Crippen LogP contribution >= 0.6 is 0 Å². The molecule has 0 spiro atoms. The molecule has 0 fully saturated rings. The summed E-state index contributed by atoms with van der Waals surface area (Å²) < 4.78 is 14.4. The predicted molar refractivity (Wildman–Crippen MR) is 88.4 cm³/mol. The first-order valence-electron chi connectivity index (χ1n) is 7.07. The minimum atomic E-state index is -0.877. The lowest BCUT2D eigenvalue weighted by Gasteiger charge is -2.05. The average Bonchev–Trinajstić information content (AvgIpc) is 2.62. The fraction of sp³-hybridized carbons (Fsp3) is 0.111. The SMILES string of the molecule is C=CC(=O)OCCOC(=O)/C(C=O)=C/c1cccc(OC(=O)C=C)c1. The Balaban J connectivity index is 2.72. The highest BCUT2D eigenvalue weighted by atomic mass is 16.6. The van der Waals surface area contributed by atoms with Crippen LogP contribution in [0.2, 0.25) is 0 Å². The highest BCUT2D eigenvalue weighted by Gasteiger charge is 2.11. The van der Waals surface area contributed by atoms with Gasteiger partial charge in [-0.2, -0.15) is 0 Å². The van der Waals surface area contributed by atoms with Crippen molar-refractivity contribution in [1.29, 1.82) is 0 Å². The maximum absolute atomic E-state index is 11.8. The fourth-order valence-electron chi connectivity index (χ4n) is 1.57. The Kier molecular flexibility index (Phi) is 8.08. The lowest BCUT2D eigenvalue weighted by atomic mass is 10.1. The highest BCUT2D eigenvalue weighted by Crippen LogP contribution is 2.16. The quantitative estimate of drug-likeness (QED) is 0.128.